The summed E-state index contributed by atoms with van der Waals surface area (Å²) in [5.74, 6) is 0.465. The molecule has 0 aromatic heterocycles. The SMILES string of the molecule is CCCCC(N)C(=O)NCCN.CCCCCCCCCC(=O)NC1CCCC(CCCC)C1=O. The molecule has 1 aliphatic carbocycles. The molecular weight excluding hydrogens is 440 g/mol. The highest BCUT2D eigenvalue weighted by molar-refractivity contribution is 5.91. The molecule has 206 valence electrons. The zero-order chi connectivity index (χ0) is 26.3. The maximum absolute atomic E-state index is 12.4. The Balaban J connectivity index is 0.000000814. The Morgan fingerprint density at radius 2 is 1.54 bits per heavy atom. The van der Waals surface area contributed by atoms with E-state index in [1.54, 1.807) is 0 Å². The van der Waals surface area contributed by atoms with Crippen molar-refractivity contribution < 1.29 is 14.4 Å². The molecule has 1 aliphatic rings. The summed E-state index contributed by atoms with van der Waals surface area (Å²) in [5, 5.41) is 5.65. The highest BCUT2D eigenvalue weighted by atomic mass is 16.2. The van der Waals surface area contributed by atoms with Gasteiger partial charge in [0.15, 0.2) is 5.78 Å². The van der Waals surface area contributed by atoms with E-state index in [9.17, 15) is 14.4 Å². The van der Waals surface area contributed by atoms with Crippen molar-refractivity contribution in [2.24, 2.45) is 17.4 Å². The van der Waals surface area contributed by atoms with Gasteiger partial charge >= 0.3 is 0 Å². The minimum Gasteiger partial charge on any atom is -0.353 e. The Hall–Kier alpha value is -1.47. The smallest absolute Gasteiger partial charge is 0.236 e. The van der Waals surface area contributed by atoms with Crippen LogP contribution in [0.4, 0.5) is 0 Å². The number of hydrogen-bond donors (Lipinski definition) is 4. The van der Waals surface area contributed by atoms with Gasteiger partial charge in [0.1, 0.15) is 0 Å². The molecule has 2 amide bonds. The van der Waals surface area contributed by atoms with Crippen LogP contribution in [0.2, 0.25) is 0 Å². The molecule has 7 nitrogen and oxygen atoms in total. The monoisotopic (exact) mass is 496 g/mol. The van der Waals surface area contributed by atoms with E-state index in [2.05, 4.69) is 31.4 Å². The van der Waals surface area contributed by atoms with Crippen molar-refractivity contribution in [1.29, 1.82) is 0 Å². The van der Waals surface area contributed by atoms with Crippen molar-refractivity contribution >= 4 is 17.6 Å². The molecule has 0 aliphatic heterocycles. The molecule has 0 aromatic carbocycles. The van der Waals surface area contributed by atoms with Crippen molar-refractivity contribution in [2.75, 3.05) is 13.1 Å². The largest absolute Gasteiger partial charge is 0.353 e. The van der Waals surface area contributed by atoms with Crippen LogP contribution < -0.4 is 22.1 Å². The number of unbranched alkanes of at least 4 members (excludes halogenated alkanes) is 8. The number of carbonyl (C=O) groups is 3. The Bertz CT molecular complexity index is 556. The lowest BCUT2D eigenvalue weighted by atomic mass is 9.81. The number of Topliss-reactive ketones (excluding diaryl/α,β-unsaturated/α-hetero) is 1. The second-order valence-electron chi connectivity index (χ2n) is 9.99. The Morgan fingerprint density at radius 3 is 2.17 bits per heavy atom. The van der Waals surface area contributed by atoms with Crippen LogP contribution in [-0.4, -0.2) is 42.8 Å². The van der Waals surface area contributed by atoms with E-state index in [0.29, 0.717) is 19.5 Å². The van der Waals surface area contributed by atoms with E-state index in [0.717, 1.165) is 70.6 Å². The molecule has 0 aromatic rings. The molecule has 6 N–H and O–H groups in total. The summed E-state index contributed by atoms with van der Waals surface area (Å²) in [5.41, 5.74) is 10.8. The van der Waals surface area contributed by atoms with Gasteiger partial charge < -0.3 is 22.1 Å². The van der Waals surface area contributed by atoms with Crippen LogP contribution >= 0.6 is 0 Å². The van der Waals surface area contributed by atoms with Gasteiger partial charge in [0.05, 0.1) is 12.1 Å². The standard InChI is InChI=1S/C20H37NO2.C8H19N3O/c1-3-5-7-8-9-10-11-16-19(22)21-18-15-12-14-17(20(18)23)13-6-4-2;1-2-3-4-7(10)8(12)11-6-5-9/h17-18H,3-16H2,1-2H3,(H,21,22);7H,2-6,9-10H2,1H3,(H,11,12). The summed E-state index contributed by atoms with van der Waals surface area (Å²) in [7, 11) is 0. The maximum Gasteiger partial charge on any atom is 0.236 e. The molecule has 3 unspecified atom stereocenters. The molecule has 35 heavy (non-hydrogen) atoms. The molecule has 0 heterocycles. The minimum atomic E-state index is -0.364. The first-order valence-corrected chi connectivity index (χ1v) is 14.5. The lowest BCUT2D eigenvalue weighted by Crippen LogP contribution is -2.45. The van der Waals surface area contributed by atoms with E-state index in [1.807, 2.05) is 0 Å². The lowest BCUT2D eigenvalue weighted by molar-refractivity contribution is -0.132. The zero-order valence-electron chi connectivity index (χ0n) is 23.0. The summed E-state index contributed by atoms with van der Waals surface area (Å²) in [4.78, 5) is 35.6. The van der Waals surface area contributed by atoms with E-state index < -0.39 is 0 Å². The first-order chi connectivity index (χ1) is 16.9. The van der Waals surface area contributed by atoms with Gasteiger partial charge in [0, 0.05) is 25.4 Å². The Kier molecular flexibility index (Phi) is 22.0. The Morgan fingerprint density at radius 1 is 0.914 bits per heavy atom. The van der Waals surface area contributed by atoms with Crippen molar-refractivity contribution in [1.82, 2.24) is 10.6 Å². The summed E-state index contributed by atoms with van der Waals surface area (Å²) >= 11 is 0. The van der Waals surface area contributed by atoms with Crippen molar-refractivity contribution in [2.45, 2.75) is 142 Å². The number of carbonyl (C=O) groups excluding carboxylic acids is 3. The molecule has 0 bridgehead atoms. The molecule has 0 saturated heterocycles. The van der Waals surface area contributed by atoms with Crippen LogP contribution in [-0.2, 0) is 14.4 Å². The third-order valence-corrected chi connectivity index (χ3v) is 6.69. The van der Waals surface area contributed by atoms with Crippen LogP contribution in [0.3, 0.4) is 0 Å². The number of hydrogen-bond acceptors (Lipinski definition) is 5. The molecular formula is C28H56N4O3. The number of amides is 2. The van der Waals surface area contributed by atoms with Gasteiger partial charge in [-0.25, -0.2) is 0 Å². The molecule has 0 radical (unpaired) electrons. The van der Waals surface area contributed by atoms with Gasteiger partial charge in [-0.05, 0) is 32.1 Å². The predicted octanol–water partition coefficient (Wildman–Crippen LogP) is 4.75. The highest BCUT2D eigenvalue weighted by Crippen LogP contribution is 2.25. The van der Waals surface area contributed by atoms with Crippen LogP contribution in [0.25, 0.3) is 0 Å². The van der Waals surface area contributed by atoms with E-state index in [-0.39, 0.29) is 35.6 Å². The molecule has 1 fully saturated rings. The topological polar surface area (TPSA) is 127 Å². The van der Waals surface area contributed by atoms with Gasteiger partial charge in [-0.2, -0.15) is 0 Å². The fourth-order valence-corrected chi connectivity index (χ4v) is 4.41. The van der Waals surface area contributed by atoms with Gasteiger partial charge in [-0.3, -0.25) is 14.4 Å². The van der Waals surface area contributed by atoms with Crippen LogP contribution in [0.15, 0.2) is 0 Å². The average Bonchev–Trinajstić information content (AvgIpc) is 2.86. The summed E-state index contributed by atoms with van der Waals surface area (Å²) in [6.45, 7) is 7.44. The van der Waals surface area contributed by atoms with E-state index in [1.165, 1.54) is 32.1 Å². The molecule has 7 heteroatoms. The zero-order valence-corrected chi connectivity index (χ0v) is 23.0. The molecule has 1 saturated carbocycles. The number of nitrogens with one attached hydrogen (secondary N) is 2. The van der Waals surface area contributed by atoms with Crippen LogP contribution in [0.1, 0.15) is 130 Å². The highest BCUT2D eigenvalue weighted by Gasteiger charge is 2.31. The number of rotatable bonds is 18. The quantitative estimate of drug-likeness (QED) is 0.204. The summed E-state index contributed by atoms with van der Waals surface area (Å²) in [6, 6.07) is -0.570. The summed E-state index contributed by atoms with van der Waals surface area (Å²) < 4.78 is 0. The minimum absolute atomic E-state index is 0.0769. The fourth-order valence-electron chi connectivity index (χ4n) is 4.41. The average molecular weight is 497 g/mol. The second kappa shape index (κ2) is 23.0. The number of ketones is 1. The first-order valence-electron chi connectivity index (χ1n) is 14.5. The predicted molar refractivity (Wildman–Crippen MR) is 146 cm³/mol. The van der Waals surface area contributed by atoms with Crippen molar-refractivity contribution in [3.8, 4) is 0 Å². The van der Waals surface area contributed by atoms with Gasteiger partial charge in [0.2, 0.25) is 11.8 Å². The van der Waals surface area contributed by atoms with Gasteiger partial charge in [-0.1, -0.05) is 91.4 Å². The third-order valence-electron chi connectivity index (χ3n) is 6.69. The maximum atomic E-state index is 12.4. The fraction of sp³-hybridized carbons (Fsp3) is 0.893. The Labute approximate surface area is 215 Å². The summed E-state index contributed by atoms with van der Waals surface area (Å²) in [6.07, 6.45) is 18.1. The molecule has 3 atom stereocenters. The van der Waals surface area contributed by atoms with Crippen molar-refractivity contribution in [3.63, 3.8) is 0 Å². The van der Waals surface area contributed by atoms with Crippen molar-refractivity contribution in [3.05, 3.63) is 0 Å². The number of nitrogens with two attached hydrogens (primary N) is 2. The second-order valence-corrected chi connectivity index (χ2v) is 9.99. The third kappa shape index (κ3) is 17.6. The normalized spacial score (nSPS) is 18.4. The van der Waals surface area contributed by atoms with Gasteiger partial charge in [-0.15, -0.1) is 0 Å². The first kappa shape index (κ1) is 33.5. The van der Waals surface area contributed by atoms with E-state index >= 15 is 0 Å². The molecule has 0 spiro atoms. The van der Waals surface area contributed by atoms with Gasteiger partial charge in [0.25, 0.3) is 0 Å². The van der Waals surface area contributed by atoms with Crippen LogP contribution in [0, 0.1) is 5.92 Å². The lowest BCUT2D eigenvalue weighted by Gasteiger charge is -2.28. The van der Waals surface area contributed by atoms with Crippen LogP contribution in [0.5, 0.6) is 0 Å². The van der Waals surface area contributed by atoms with E-state index in [4.69, 9.17) is 11.5 Å². The molecule has 1 rings (SSSR count).